The predicted molar refractivity (Wildman–Crippen MR) is 103 cm³/mol. The van der Waals surface area contributed by atoms with E-state index in [1.165, 1.54) is 49.4 Å². The molecule has 0 spiro atoms. The van der Waals surface area contributed by atoms with Crippen LogP contribution in [0.25, 0.3) is 0 Å². The van der Waals surface area contributed by atoms with E-state index in [-0.39, 0.29) is 17.7 Å². The van der Waals surface area contributed by atoms with Crippen molar-refractivity contribution in [3.63, 3.8) is 0 Å². The zero-order valence-corrected chi connectivity index (χ0v) is 15.5. The van der Waals surface area contributed by atoms with Crippen LogP contribution in [-0.2, 0) is 4.79 Å². The Kier molecular flexibility index (Phi) is 6.86. The van der Waals surface area contributed by atoms with E-state index in [9.17, 15) is 19.7 Å². The van der Waals surface area contributed by atoms with E-state index in [1.807, 2.05) is 0 Å². The molecule has 0 unspecified atom stereocenters. The van der Waals surface area contributed by atoms with E-state index in [0.717, 1.165) is 0 Å². The molecule has 10 heteroatoms. The van der Waals surface area contributed by atoms with Gasteiger partial charge in [-0.25, -0.2) is 5.43 Å². The van der Waals surface area contributed by atoms with Crippen molar-refractivity contribution in [2.75, 3.05) is 5.32 Å². The van der Waals surface area contributed by atoms with Crippen LogP contribution >= 0.6 is 23.2 Å². The Hall–Kier alpha value is -2.97. The summed E-state index contributed by atoms with van der Waals surface area (Å²) in [5.41, 5.74) is 2.47. The lowest BCUT2D eigenvalue weighted by Gasteiger charge is -2.07. The lowest BCUT2D eigenvalue weighted by atomic mass is 10.2. The second kappa shape index (κ2) is 9.11. The molecule has 0 bridgehead atoms. The number of rotatable bonds is 6. The number of carbonyl (C=O) groups excluding carboxylic acids is 2. The Balaban J connectivity index is 1.98. The zero-order chi connectivity index (χ0) is 20.0. The van der Waals surface area contributed by atoms with Crippen molar-refractivity contribution in [1.82, 2.24) is 5.43 Å². The molecule has 0 saturated heterocycles. The minimum Gasteiger partial charge on any atom is -0.326 e. The number of nitrogens with zero attached hydrogens (tertiary/aromatic N) is 2. The first-order chi connectivity index (χ1) is 12.8. The minimum atomic E-state index is -0.747. The lowest BCUT2D eigenvalue weighted by molar-refractivity contribution is -0.385. The third-order valence-electron chi connectivity index (χ3n) is 3.26. The van der Waals surface area contributed by atoms with Gasteiger partial charge in [-0.05, 0) is 31.2 Å². The number of nitrogens with one attached hydrogen (secondary N) is 2. The molecule has 2 aromatic rings. The van der Waals surface area contributed by atoms with Gasteiger partial charge in [-0.3, -0.25) is 19.7 Å². The monoisotopic (exact) mass is 408 g/mol. The molecular formula is C17H14Cl2N4O4. The molecule has 0 aliphatic heterocycles. The number of para-hydroxylation sites is 1. The fourth-order valence-electron chi connectivity index (χ4n) is 2.13. The Morgan fingerprint density at radius 3 is 2.41 bits per heavy atom. The van der Waals surface area contributed by atoms with E-state index in [1.54, 1.807) is 0 Å². The summed E-state index contributed by atoms with van der Waals surface area (Å²) in [4.78, 5) is 34.4. The number of nitro benzene ring substituents is 1. The molecule has 0 aromatic heterocycles. The number of hydrazone groups is 1. The van der Waals surface area contributed by atoms with E-state index in [2.05, 4.69) is 15.8 Å². The van der Waals surface area contributed by atoms with Crippen LogP contribution in [0, 0.1) is 10.1 Å². The maximum absolute atomic E-state index is 12.1. The molecule has 8 nitrogen and oxygen atoms in total. The van der Waals surface area contributed by atoms with Gasteiger partial charge in [0.15, 0.2) is 0 Å². The molecule has 2 amide bonds. The molecule has 140 valence electrons. The third kappa shape index (κ3) is 6.05. The van der Waals surface area contributed by atoms with Crippen LogP contribution in [0.2, 0.25) is 10.0 Å². The molecule has 2 rings (SSSR count). The number of hydrogen-bond acceptors (Lipinski definition) is 5. The average Bonchev–Trinajstić information content (AvgIpc) is 2.58. The summed E-state index contributed by atoms with van der Waals surface area (Å²) in [5, 5.41) is 18.1. The van der Waals surface area contributed by atoms with Gasteiger partial charge in [-0.15, -0.1) is 0 Å². The summed E-state index contributed by atoms with van der Waals surface area (Å²) in [5.74, 6) is -1.14. The van der Waals surface area contributed by atoms with Crippen molar-refractivity contribution in [3.05, 3.63) is 68.2 Å². The number of benzene rings is 2. The van der Waals surface area contributed by atoms with Crippen molar-refractivity contribution in [1.29, 1.82) is 0 Å². The van der Waals surface area contributed by atoms with Crippen LogP contribution in [0.3, 0.4) is 0 Å². The quantitative estimate of drug-likeness (QED) is 0.426. The van der Waals surface area contributed by atoms with E-state index in [0.29, 0.717) is 21.4 Å². The van der Waals surface area contributed by atoms with Crippen molar-refractivity contribution >= 4 is 52.1 Å². The van der Waals surface area contributed by atoms with Gasteiger partial charge in [0, 0.05) is 27.5 Å². The van der Waals surface area contributed by atoms with Crippen molar-refractivity contribution < 1.29 is 14.5 Å². The van der Waals surface area contributed by atoms with Crippen molar-refractivity contribution in [3.8, 4) is 0 Å². The second-order valence-corrected chi connectivity index (χ2v) is 6.32. The van der Waals surface area contributed by atoms with Gasteiger partial charge in [0.05, 0.1) is 11.3 Å². The Morgan fingerprint density at radius 2 is 1.78 bits per heavy atom. The Morgan fingerprint density at radius 1 is 1.15 bits per heavy atom. The normalized spacial score (nSPS) is 11.0. The van der Waals surface area contributed by atoms with Crippen LogP contribution in [0.4, 0.5) is 11.4 Å². The molecule has 0 atom stereocenters. The first-order valence-corrected chi connectivity index (χ1v) is 8.34. The SMILES string of the molecule is C/C(CC(=O)Nc1cc(Cl)cc(Cl)c1)=N\NC(=O)c1ccccc1[N+](=O)[O-]. The van der Waals surface area contributed by atoms with Crippen LogP contribution in [0.1, 0.15) is 23.7 Å². The minimum absolute atomic E-state index is 0.110. The topological polar surface area (TPSA) is 114 Å². The number of anilines is 1. The maximum atomic E-state index is 12.1. The summed E-state index contributed by atoms with van der Waals surface area (Å²) in [7, 11) is 0. The molecule has 0 saturated carbocycles. The van der Waals surface area contributed by atoms with Crippen molar-refractivity contribution in [2.45, 2.75) is 13.3 Å². The highest BCUT2D eigenvalue weighted by atomic mass is 35.5. The highest BCUT2D eigenvalue weighted by Crippen LogP contribution is 2.22. The van der Waals surface area contributed by atoms with Crippen LogP contribution in [0.5, 0.6) is 0 Å². The number of nitro groups is 1. The van der Waals surface area contributed by atoms with E-state index in [4.69, 9.17) is 23.2 Å². The molecule has 0 radical (unpaired) electrons. The largest absolute Gasteiger partial charge is 0.326 e. The Bertz CT molecular complexity index is 911. The highest BCUT2D eigenvalue weighted by molar-refractivity contribution is 6.35. The fourth-order valence-corrected chi connectivity index (χ4v) is 2.66. The lowest BCUT2D eigenvalue weighted by Crippen LogP contribution is -2.22. The van der Waals surface area contributed by atoms with Gasteiger partial charge in [-0.2, -0.15) is 5.10 Å². The van der Waals surface area contributed by atoms with Gasteiger partial charge in [-0.1, -0.05) is 35.3 Å². The molecule has 0 aliphatic rings. The molecule has 0 heterocycles. The smallest absolute Gasteiger partial charge is 0.282 e. The number of halogens is 2. The number of hydrogen-bond donors (Lipinski definition) is 2. The zero-order valence-electron chi connectivity index (χ0n) is 14.0. The third-order valence-corrected chi connectivity index (χ3v) is 3.69. The van der Waals surface area contributed by atoms with Gasteiger partial charge < -0.3 is 5.32 Å². The molecule has 2 N–H and O–H groups in total. The average molecular weight is 409 g/mol. The van der Waals surface area contributed by atoms with Crippen LogP contribution < -0.4 is 10.7 Å². The summed E-state index contributed by atoms with van der Waals surface area (Å²) >= 11 is 11.7. The van der Waals surface area contributed by atoms with Crippen LogP contribution in [-0.4, -0.2) is 22.4 Å². The molecule has 27 heavy (non-hydrogen) atoms. The summed E-state index contributed by atoms with van der Waals surface area (Å²) < 4.78 is 0. The van der Waals surface area contributed by atoms with Gasteiger partial charge in [0.25, 0.3) is 11.6 Å². The summed E-state index contributed by atoms with van der Waals surface area (Å²) in [6.07, 6.45) is -0.110. The molecule has 2 aromatic carbocycles. The molecule has 0 fully saturated rings. The first kappa shape index (κ1) is 20.3. The number of amides is 2. The Labute approximate surface area is 164 Å². The summed E-state index contributed by atoms with van der Waals surface area (Å²) in [6, 6.07) is 10.1. The van der Waals surface area contributed by atoms with E-state index < -0.39 is 16.7 Å². The van der Waals surface area contributed by atoms with Gasteiger partial charge in [0.1, 0.15) is 5.56 Å². The maximum Gasteiger partial charge on any atom is 0.282 e. The standard InChI is InChI=1S/C17H14Cl2N4O4/c1-10(6-16(24)20-13-8-11(18)7-12(19)9-13)21-22-17(25)14-4-2-3-5-15(14)23(26)27/h2-5,7-9H,6H2,1H3,(H,20,24)(H,22,25)/b21-10+. The molecule has 0 aliphatic carbocycles. The van der Waals surface area contributed by atoms with Crippen molar-refractivity contribution in [2.24, 2.45) is 5.10 Å². The fraction of sp³-hybridized carbons (Fsp3) is 0.118. The van der Waals surface area contributed by atoms with Gasteiger partial charge >= 0.3 is 0 Å². The summed E-state index contributed by atoms with van der Waals surface area (Å²) in [6.45, 7) is 1.53. The van der Waals surface area contributed by atoms with Crippen LogP contribution in [0.15, 0.2) is 47.6 Å². The second-order valence-electron chi connectivity index (χ2n) is 5.45. The predicted octanol–water partition coefficient (Wildman–Crippen LogP) is 4.04. The highest BCUT2D eigenvalue weighted by Gasteiger charge is 2.18. The first-order valence-electron chi connectivity index (χ1n) is 7.59. The van der Waals surface area contributed by atoms with E-state index >= 15 is 0 Å². The molecular weight excluding hydrogens is 395 g/mol. The van der Waals surface area contributed by atoms with Gasteiger partial charge in [0.2, 0.25) is 5.91 Å². The number of carbonyl (C=O) groups is 2.